The summed E-state index contributed by atoms with van der Waals surface area (Å²) in [4.78, 5) is 6.38. The van der Waals surface area contributed by atoms with Gasteiger partial charge in [-0.25, -0.2) is 26.6 Å². The average molecular weight is 495 g/mol. The van der Waals surface area contributed by atoms with Gasteiger partial charge in [-0.15, -0.1) is 0 Å². The van der Waals surface area contributed by atoms with Crippen molar-refractivity contribution in [2.75, 3.05) is 31.1 Å². The van der Waals surface area contributed by atoms with Crippen LogP contribution in [0, 0.1) is 22.9 Å². The molecule has 11 heteroatoms. The Kier molecular flexibility index (Phi) is 5.66. The first-order chi connectivity index (χ1) is 15.7. The van der Waals surface area contributed by atoms with Gasteiger partial charge in [0.05, 0.1) is 4.90 Å². The summed E-state index contributed by atoms with van der Waals surface area (Å²) in [5.74, 6) is -1.41. The molecular formula is C22H21F3N4O2S2. The van der Waals surface area contributed by atoms with Gasteiger partial charge in [-0.05, 0) is 42.7 Å². The highest BCUT2D eigenvalue weighted by molar-refractivity contribution is 7.89. The van der Waals surface area contributed by atoms with E-state index in [0.29, 0.717) is 44.2 Å². The SMILES string of the molecule is O=S(=O)(c1cc(F)cc(F)c1)N1CCC2(CC1)CN(c1nc(Cc3ccc(F)cc3)ns1)C2. The second kappa shape index (κ2) is 8.37. The van der Waals surface area contributed by atoms with Crippen LogP contribution in [0.1, 0.15) is 24.2 Å². The maximum atomic E-state index is 13.5. The standard InChI is InChI=1S/C22H21F3N4O2S2/c23-16-3-1-15(2-4-16)9-20-26-21(32-27-20)28-13-22(14-28)5-7-29(8-6-22)33(30,31)19-11-17(24)10-18(25)12-19/h1-4,10-12H,5-9,13-14H2. The van der Waals surface area contributed by atoms with Crippen molar-refractivity contribution in [3.05, 3.63) is 71.3 Å². The van der Waals surface area contributed by atoms with Crippen molar-refractivity contribution in [3.8, 4) is 0 Å². The Labute approximate surface area is 193 Å². The zero-order valence-electron chi connectivity index (χ0n) is 17.5. The molecule has 2 aliphatic heterocycles. The molecule has 0 radical (unpaired) electrons. The van der Waals surface area contributed by atoms with Crippen LogP contribution in [0.4, 0.5) is 18.3 Å². The number of piperidine rings is 1. The number of halogens is 3. The molecule has 0 atom stereocenters. The van der Waals surface area contributed by atoms with Crippen LogP contribution in [-0.2, 0) is 16.4 Å². The number of hydrogen-bond acceptors (Lipinski definition) is 6. The predicted octanol–water partition coefficient (Wildman–Crippen LogP) is 3.84. The van der Waals surface area contributed by atoms with E-state index >= 15 is 0 Å². The van der Waals surface area contributed by atoms with Crippen LogP contribution in [0.25, 0.3) is 0 Å². The number of benzene rings is 2. The maximum Gasteiger partial charge on any atom is 0.243 e. The number of anilines is 1. The molecule has 2 saturated heterocycles. The average Bonchev–Trinajstić information content (AvgIpc) is 3.21. The molecule has 1 spiro atoms. The van der Waals surface area contributed by atoms with Crippen LogP contribution in [0.5, 0.6) is 0 Å². The molecule has 33 heavy (non-hydrogen) atoms. The van der Waals surface area contributed by atoms with Crippen LogP contribution in [0.2, 0.25) is 0 Å². The Morgan fingerprint density at radius 1 is 0.939 bits per heavy atom. The molecule has 0 N–H and O–H groups in total. The quantitative estimate of drug-likeness (QED) is 0.539. The lowest BCUT2D eigenvalue weighted by atomic mass is 9.73. The fourth-order valence-electron chi connectivity index (χ4n) is 4.47. The van der Waals surface area contributed by atoms with Gasteiger partial charge < -0.3 is 4.90 Å². The number of nitrogens with zero attached hydrogens (tertiary/aromatic N) is 4. The normalized spacial score (nSPS) is 18.5. The largest absolute Gasteiger partial charge is 0.346 e. The minimum atomic E-state index is -3.94. The third kappa shape index (κ3) is 4.49. The van der Waals surface area contributed by atoms with E-state index < -0.39 is 21.7 Å². The van der Waals surface area contributed by atoms with E-state index in [9.17, 15) is 21.6 Å². The maximum absolute atomic E-state index is 13.5. The minimum Gasteiger partial charge on any atom is -0.346 e. The highest BCUT2D eigenvalue weighted by atomic mass is 32.2. The fraction of sp³-hybridized carbons (Fsp3) is 0.364. The third-order valence-electron chi connectivity index (χ3n) is 6.31. The summed E-state index contributed by atoms with van der Waals surface area (Å²) in [6, 6.07) is 8.63. The van der Waals surface area contributed by atoms with E-state index in [4.69, 9.17) is 0 Å². The Bertz CT molecular complexity index is 1240. The number of sulfonamides is 1. The molecule has 0 bridgehead atoms. The number of hydrogen-bond donors (Lipinski definition) is 0. The lowest BCUT2D eigenvalue weighted by molar-refractivity contribution is 0.114. The summed E-state index contributed by atoms with van der Waals surface area (Å²) in [5.41, 5.74) is 0.940. The molecule has 174 valence electrons. The van der Waals surface area contributed by atoms with Crippen molar-refractivity contribution in [1.29, 1.82) is 0 Å². The molecule has 2 aliphatic rings. The summed E-state index contributed by atoms with van der Waals surface area (Å²) in [6.45, 7) is 2.14. The molecule has 2 aromatic carbocycles. The highest BCUT2D eigenvalue weighted by Gasteiger charge is 2.47. The van der Waals surface area contributed by atoms with Crippen LogP contribution in [-0.4, -0.2) is 48.3 Å². The molecule has 5 rings (SSSR count). The lowest BCUT2D eigenvalue weighted by Gasteiger charge is -2.53. The Hall–Kier alpha value is -2.50. The first kappa shape index (κ1) is 22.3. The van der Waals surface area contributed by atoms with Crippen LogP contribution in [0.3, 0.4) is 0 Å². The summed E-state index contributed by atoms with van der Waals surface area (Å²) < 4.78 is 71.4. The lowest BCUT2D eigenvalue weighted by Crippen LogP contribution is -2.61. The third-order valence-corrected chi connectivity index (χ3v) is 9.00. The predicted molar refractivity (Wildman–Crippen MR) is 118 cm³/mol. The van der Waals surface area contributed by atoms with Gasteiger partial charge in [-0.1, -0.05) is 12.1 Å². The van der Waals surface area contributed by atoms with Gasteiger partial charge in [-0.2, -0.15) is 8.68 Å². The van der Waals surface area contributed by atoms with E-state index in [2.05, 4.69) is 14.3 Å². The van der Waals surface area contributed by atoms with Gasteiger partial charge in [0.1, 0.15) is 23.3 Å². The smallest absolute Gasteiger partial charge is 0.243 e. The van der Waals surface area contributed by atoms with Gasteiger partial charge in [0.2, 0.25) is 15.2 Å². The molecule has 6 nitrogen and oxygen atoms in total. The first-order valence-electron chi connectivity index (χ1n) is 10.5. The van der Waals surface area contributed by atoms with Gasteiger partial charge in [0, 0.05) is 55.6 Å². The highest BCUT2D eigenvalue weighted by Crippen LogP contribution is 2.43. The second-order valence-corrected chi connectivity index (χ2v) is 11.3. The molecule has 2 fully saturated rings. The van der Waals surface area contributed by atoms with Crippen LogP contribution in [0.15, 0.2) is 47.4 Å². The Morgan fingerprint density at radius 2 is 1.58 bits per heavy atom. The van der Waals surface area contributed by atoms with Crippen molar-refractivity contribution >= 4 is 26.7 Å². The van der Waals surface area contributed by atoms with E-state index in [1.165, 1.54) is 28.0 Å². The minimum absolute atomic E-state index is 0.00198. The van der Waals surface area contributed by atoms with Crippen molar-refractivity contribution in [2.24, 2.45) is 5.41 Å². The fourth-order valence-corrected chi connectivity index (χ4v) is 6.64. The summed E-state index contributed by atoms with van der Waals surface area (Å²) >= 11 is 1.32. The Balaban J connectivity index is 1.18. The van der Waals surface area contributed by atoms with Crippen molar-refractivity contribution in [3.63, 3.8) is 0 Å². The zero-order chi connectivity index (χ0) is 23.2. The molecule has 0 amide bonds. The van der Waals surface area contributed by atoms with E-state index in [1.807, 2.05) is 0 Å². The van der Waals surface area contributed by atoms with E-state index in [1.54, 1.807) is 12.1 Å². The topological polar surface area (TPSA) is 66.4 Å². The summed E-state index contributed by atoms with van der Waals surface area (Å²) in [5, 5.41) is 0.822. The van der Waals surface area contributed by atoms with Crippen LogP contribution >= 0.6 is 11.5 Å². The van der Waals surface area contributed by atoms with Crippen LogP contribution < -0.4 is 4.90 Å². The van der Waals surface area contributed by atoms with Crippen molar-refractivity contribution in [1.82, 2.24) is 13.7 Å². The molecule has 0 unspecified atom stereocenters. The van der Waals surface area contributed by atoms with Crippen molar-refractivity contribution in [2.45, 2.75) is 24.2 Å². The molecule has 3 heterocycles. The van der Waals surface area contributed by atoms with Gasteiger partial charge in [0.25, 0.3) is 0 Å². The van der Waals surface area contributed by atoms with E-state index in [-0.39, 0.29) is 16.1 Å². The Morgan fingerprint density at radius 3 is 2.21 bits per heavy atom. The van der Waals surface area contributed by atoms with Gasteiger partial charge >= 0.3 is 0 Å². The first-order valence-corrected chi connectivity index (χ1v) is 12.7. The zero-order valence-corrected chi connectivity index (χ0v) is 19.2. The van der Waals surface area contributed by atoms with Crippen molar-refractivity contribution < 1.29 is 21.6 Å². The monoisotopic (exact) mass is 494 g/mol. The molecule has 3 aromatic rings. The molecular weight excluding hydrogens is 473 g/mol. The molecule has 1 aromatic heterocycles. The van der Waals surface area contributed by atoms with Gasteiger partial charge in [0.15, 0.2) is 0 Å². The molecule has 0 aliphatic carbocycles. The summed E-state index contributed by atoms with van der Waals surface area (Å²) in [6.07, 6.45) is 1.87. The van der Waals surface area contributed by atoms with E-state index in [0.717, 1.165) is 35.9 Å². The number of rotatable bonds is 5. The second-order valence-electron chi connectivity index (χ2n) is 8.66. The molecule has 0 saturated carbocycles. The summed E-state index contributed by atoms with van der Waals surface area (Å²) in [7, 11) is -3.94. The van der Waals surface area contributed by atoms with Gasteiger partial charge in [-0.3, -0.25) is 0 Å². The number of aromatic nitrogens is 2.